The fourth-order valence-corrected chi connectivity index (χ4v) is 2.85. The molecule has 0 bridgehead atoms. The molecule has 0 unspecified atom stereocenters. The van der Waals surface area contributed by atoms with Crippen molar-refractivity contribution in [2.45, 2.75) is 31.2 Å². The van der Waals surface area contributed by atoms with Crippen molar-refractivity contribution in [3.63, 3.8) is 0 Å². The van der Waals surface area contributed by atoms with Crippen molar-refractivity contribution in [2.75, 3.05) is 6.54 Å². The van der Waals surface area contributed by atoms with Crippen molar-refractivity contribution in [1.29, 1.82) is 0 Å². The number of alkyl halides is 1. The number of rotatable bonds is 5. The van der Waals surface area contributed by atoms with Crippen molar-refractivity contribution in [3.05, 3.63) is 11.3 Å². The Balaban J connectivity index is 3.04. The molecule has 0 amide bonds. The van der Waals surface area contributed by atoms with Gasteiger partial charge in [0.1, 0.15) is 0 Å². The summed E-state index contributed by atoms with van der Waals surface area (Å²) in [6.45, 7) is 4.03. The van der Waals surface area contributed by atoms with Crippen LogP contribution in [-0.2, 0) is 15.9 Å². The van der Waals surface area contributed by atoms with Crippen LogP contribution in [-0.4, -0.2) is 25.2 Å². The maximum Gasteiger partial charge on any atom is 0.260 e. The summed E-state index contributed by atoms with van der Waals surface area (Å²) in [4.78, 5) is 0. The summed E-state index contributed by atoms with van der Waals surface area (Å²) in [6, 6.07) is 0. The standard InChI is InChI=1S/C8H14ClN3O2S/c1-3-4-10-15(13,14)8-7(5-9)6(2)11-12-8/h10H,3-5H2,1-2H3,(H,11,12). The molecular formula is C8H14ClN3O2S. The van der Waals surface area contributed by atoms with Gasteiger partial charge in [0.25, 0.3) is 10.0 Å². The van der Waals surface area contributed by atoms with Crippen molar-refractivity contribution >= 4 is 21.6 Å². The molecule has 0 aliphatic carbocycles. The molecule has 7 heteroatoms. The lowest BCUT2D eigenvalue weighted by Crippen LogP contribution is -2.25. The highest BCUT2D eigenvalue weighted by Crippen LogP contribution is 2.17. The summed E-state index contributed by atoms with van der Waals surface area (Å²) in [5.74, 6) is 0.130. The zero-order valence-electron chi connectivity index (χ0n) is 8.67. The van der Waals surface area contributed by atoms with Crippen LogP contribution >= 0.6 is 11.6 Å². The molecule has 0 fully saturated rings. The fraction of sp³-hybridized carbons (Fsp3) is 0.625. The van der Waals surface area contributed by atoms with Gasteiger partial charge >= 0.3 is 0 Å². The Bertz CT molecular complexity index is 427. The van der Waals surface area contributed by atoms with Crippen LogP contribution in [0.1, 0.15) is 24.6 Å². The van der Waals surface area contributed by atoms with E-state index in [4.69, 9.17) is 11.6 Å². The molecule has 0 atom stereocenters. The number of aromatic nitrogens is 2. The van der Waals surface area contributed by atoms with Gasteiger partial charge in [-0.3, -0.25) is 5.10 Å². The van der Waals surface area contributed by atoms with Gasteiger partial charge in [0.05, 0.1) is 5.88 Å². The number of nitrogens with one attached hydrogen (secondary N) is 2. The minimum atomic E-state index is -3.52. The number of aryl methyl sites for hydroxylation is 1. The Labute approximate surface area is 94.3 Å². The second kappa shape index (κ2) is 4.96. The molecule has 0 saturated heterocycles. The third-order valence-electron chi connectivity index (χ3n) is 1.97. The summed E-state index contributed by atoms with van der Waals surface area (Å²) in [5, 5.41) is 6.37. The summed E-state index contributed by atoms with van der Waals surface area (Å²) in [7, 11) is -3.52. The Morgan fingerprint density at radius 3 is 2.73 bits per heavy atom. The van der Waals surface area contributed by atoms with Crippen LogP contribution in [0.2, 0.25) is 0 Å². The number of sulfonamides is 1. The molecule has 0 aliphatic heterocycles. The second-order valence-electron chi connectivity index (χ2n) is 3.16. The van der Waals surface area contributed by atoms with E-state index in [1.54, 1.807) is 6.92 Å². The lowest BCUT2D eigenvalue weighted by molar-refractivity contribution is 0.575. The average molecular weight is 252 g/mol. The van der Waals surface area contributed by atoms with Crippen LogP contribution in [0.3, 0.4) is 0 Å². The number of hydrogen-bond donors (Lipinski definition) is 2. The fourth-order valence-electron chi connectivity index (χ4n) is 1.11. The van der Waals surface area contributed by atoms with Crippen LogP contribution in [0.5, 0.6) is 0 Å². The zero-order chi connectivity index (χ0) is 11.5. The monoisotopic (exact) mass is 251 g/mol. The van der Waals surface area contributed by atoms with Gasteiger partial charge < -0.3 is 0 Å². The first-order valence-electron chi connectivity index (χ1n) is 4.62. The Hall–Kier alpha value is -0.590. The largest absolute Gasteiger partial charge is 0.281 e. The maximum atomic E-state index is 11.7. The molecule has 1 heterocycles. The van der Waals surface area contributed by atoms with Crippen LogP contribution in [0, 0.1) is 6.92 Å². The van der Waals surface area contributed by atoms with Crippen LogP contribution in [0.25, 0.3) is 0 Å². The Morgan fingerprint density at radius 2 is 2.20 bits per heavy atom. The molecule has 0 aliphatic rings. The number of halogens is 1. The molecule has 0 aromatic carbocycles. The minimum absolute atomic E-state index is 0.00319. The molecule has 86 valence electrons. The first-order valence-corrected chi connectivity index (χ1v) is 6.64. The zero-order valence-corrected chi connectivity index (χ0v) is 10.2. The van der Waals surface area contributed by atoms with E-state index in [1.165, 1.54) is 0 Å². The van der Waals surface area contributed by atoms with Gasteiger partial charge in [-0.05, 0) is 13.3 Å². The summed E-state index contributed by atoms with van der Waals surface area (Å²) < 4.78 is 25.9. The highest BCUT2D eigenvalue weighted by Gasteiger charge is 2.22. The molecule has 1 rings (SSSR count). The smallest absolute Gasteiger partial charge is 0.260 e. The van der Waals surface area contributed by atoms with E-state index in [9.17, 15) is 8.42 Å². The van der Waals surface area contributed by atoms with Gasteiger partial charge in [-0.15, -0.1) is 11.6 Å². The normalized spacial score (nSPS) is 11.9. The van der Waals surface area contributed by atoms with Crippen LogP contribution < -0.4 is 4.72 Å². The Morgan fingerprint density at radius 1 is 1.53 bits per heavy atom. The number of hydrogen-bond acceptors (Lipinski definition) is 3. The molecule has 15 heavy (non-hydrogen) atoms. The van der Waals surface area contributed by atoms with Gasteiger partial charge in [-0.25, -0.2) is 13.1 Å². The lowest BCUT2D eigenvalue weighted by atomic mass is 10.3. The summed E-state index contributed by atoms with van der Waals surface area (Å²) in [5.41, 5.74) is 1.21. The molecular weight excluding hydrogens is 238 g/mol. The summed E-state index contributed by atoms with van der Waals surface area (Å²) >= 11 is 5.67. The molecule has 1 aromatic heterocycles. The SMILES string of the molecule is CCCNS(=O)(=O)c1n[nH]c(C)c1CCl. The highest BCUT2D eigenvalue weighted by molar-refractivity contribution is 7.89. The lowest BCUT2D eigenvalue weighted by Gasteiger charge is -2.03. The molecule has 0 radical (unpaired) electrons. The van der Waals surface area contributed by atoms with Crippen LogP contribution in [0.4, 0.5) is 0 Å². The first kappa shape index (κ1) is 12.5. The maximum absolute atomic E-state index is 11.7. The number of H-pyrrole nitrogens is 1. The topological polar surface area (TPSA) is 74.8 Å². The van der Waals surface area contributed by atoms with Gasteiger partial charge in [0.15, 0.2) is 5.03 Å². The predicted molar refractivity (Wildman–Crippen MR) is 58.4 cm³/mol. The van der Waals surface area contributed by atoms with E-state index in [0.717, 1.165) is 6.42 Å². The van der Waals surface area contributed by atoms with Crippen molar-refractivity contribution in [3.8, 4) is 0 Å². The third-order valence-corrected chi connectivity index (χ3v) is 3.66. The third kappa shape index (κ3) is 2.70. The molecule has 1 aromatic rings. The average Bonchev–Trinajstić information content (AvgIpc) is 2.57. The van der Waals surface area contributed by atoms with Crippen molar-refractivity contribution < 1.29 is 8.42 Å². The number of aromatic amines is 1. The molecule has 0 saturated carbocycles. The van der Waals surface area contributed by atoms with E-state index in [0.29, 0.717) is 17.8 Å². The van der Waals surface area contributed by atoms with E-state index in [-0.39, 0.29) is 10.9 Å². The quantitative estimate of drug-likeness (QED) is 0.771. The van der Waals surface area contributed by atoms with E-state index < -0.39 is 10.0 Å². The summed E-state index contributed by atoms with van der Waals surface area (Å²) in [6.07, 6.45) is 0.735. The van der Waals surface area contributed by atoms with Gasteiger partial charge in [-0.2, -0.15) is 5.10 Å². The minimum Gasteiger partial charge on any atom is -0.281 e. The second-order valence-corrected chi connectivity index (χ2v) is 5.11. The van der Waals surface area contributed by atoms with Crippen LogP contribution in [0.15, 0.2) is 5.03 Å². The number of nitrogens with zero attached hydrogens (tertiary/aromatic N) is 1. The van der Waals surface area contributed by atoms with Gasteiger partial charge in [0.2, 0.25) is 0 Å². The van der Waals surface area contributed by atoms with E-state index in [1.807, 2.05) is 6.92 Å². The molecule has 2 N–H and O–H groups in total. The Kier molecular flexibility index (Phi) is 4.12. The van der Waals surface area contributed by atoms with E-state index in [2.05, 4.69) is 14.9 Å². The van der Waals surface area contributed by atoms with Crippen molar-refractivity contribution in [1.82, 2.24) is 14.9 Å². The first-order chi connectivity index (χ1) is 7.03. The van der Waals surface area contributed by atoms with Gasteiger partial charge in [0, 0.05) is 17.8 Å². The predicted octanol–water partition coefficient (Wildman–Crippen LogP) is 1.15. The highest BCUT2D eigenvalue weighted by atomic mass is 35.5. The van der Waals surface area contributed by atoms with Crippen molar-refractivity contribution in [2.24, 2.45) is 0 Å². The molecule has 5 nitrogen and oxygen atoms in total. The molecule has 0 spiro atoms. The van der Waals surface area contributed by atoms with E-state index >= 15 is 0 Å². The van der Waals surface area contributed by atoms with Gasteiger partial charge in [-0.1, -0.05) is 6.92 Å².